The van der Waals surface area contributed by atoms with Crippen LogP contribution in [0.2, 0.25) is 0 Å². The Morgan fingerprint density at radius 3 is 1.93 bits per heavy atom. The molecule has 0 bridgehead atoms. The molecule has 0 saturated carbocycles. The predicted octanol–water partition coefficient (Wildman–Crippen LogP) is 3.28. The van der Waals surface area contributed by atoms with Crippen LogP contribution in [0.1, 0.15) is 13.8 Å². The largest absolute Gasteiger partial charge is 0.487 e. The van der Waals surface area contributed by atoms with E-state index in [2.05, 4.69) is 4.74 Å². The standard InChI is InChI=1S/C10H10F4O/c1-5(2)4-15-10-8(13)6(11)3-7(12)9(10)14/h3,5H,4H2,1-2H3. The van der Waals surface area contributed by atoms with Gasteiger partial charge in [-0.2, -0.15) is 8.78 Å². The SMILES string of the molecule is CC(C)COc1c(F)c(F)cc(F)c1F. The van der Waals surface area contributed by atoms with E-state index in [1.165, 1.54) is 0 Å². The third kappa shape index (κ3) is 2.61. The van der Waals surface area contributed by atoms with Crippen molar-refractivity contribution in [3.8, 4) is 5.75 Å². The summed E-state index contributed by atoms with van der Waals surface area (Å²) < 4.78 is 56.0. The van der Waals surface area contributed by atoms with E-state index in [1.54, 1.807) is 13.8 Å². The summed E-state index contributed by atoms with van der Waals surface area (Å²) >= 11 is 0. The molecule has 1 nitrogen and oxygen atoms in total. The summed E-state index contributed by atoms with van der Waals surface area (Å²) in [5.41, 5.74) is 0. The predicted molar refractivity (Wildman–Crippen MR) is 46.6 cm³/mol. The summed E-state index contributed by atoms with van der Waals surface area (Å²) in [5.74, 6) is -6.94. The number of ether oxygens (including phenoxy) is 1. The van der Waals surface area contributed by atoms with Gasteiger partial charge in [-0.1, -0.05) is 13.8 Å². The van der Waals surface area contributed by atoms with Gasteiger partial charge in [-0.15, -0.1) is 0 Å². The zero-order valence-electron chi connectivity index (χ0n) is 8.28. The first-order chi connectivity index (χ1) is 6.93. The first-order valence-corrected chi connectivity index (χ1v) is 4.39. The highest BCUT2D eigenvalue weighted by molar-refractivity contribution is 5.28. The minimum Gasteiger partial charge on any atom is -0.487 e. The van der Waals surface area contributed by atoms with Gasteiger partial charge in [-0.3, -0.25) is 0 Å². The van der Waals surface area contributed by atoms with Crippen molar-refractivity contribution in [1.82, 2.24) is 0 Å². The molecular formula is C10H10F4O. The third-order valence-corrected chi connectivity index (χ3v) is 1.63. The van der Waals surface area contributed by atoms with Crippen LogP contribution in [0.15, 0.2) is 6.07 Å². The van der Waals surface area contributed by atoms with Gasteiger partial charge in [0.05, 0.1) is 6.61 Å². The van der Waals surface area contributed by atoms with Crippen molar-refractivity contribution < 1.29 is 22.3 Å². The summed E-state index contributed by atoms with van der Waals surface area (Å²) in [6.07, 6.45) is 0. The van der Waals surface area contributed by atoms with Crippen LogP contribution >= 0.6 is 0 Å². The number of hydrogen-bond acceptors (Lipinski definition) is 1. The topological polar surface area (TPSA) is 9.23 Å². The van der Waals surface area contributed by atoms with Crippen LogP contribution in [0.4, 0.5) is 17.6 Å². The van der Waals surface area contributed by atoms with Gasteiger partial charge in [-0.05, 0) is 5.92 Å². The van der Waals surface area contributed by atoms with Gasteiger partial charge in [0.25, 0.3) is 0 Å². The Morgan fingerprint density at radius 2 is 1.53 bits per heavy atom. The number of rotatable bonds is 3. The maximum absolute atomic E-state index is 13.0. The van der Waals surface area contributed by atoms with Crippen LogP contribution in [0.3, 0.4) is 0 Å². The molecule has 0 spiro atoms. The summed E-state index contributed by atoms with van der Waals surface area (Å²) in [6.45, 7) is 3.47. The van der Waals surface area contributed by atoms with Crippen molar-refractivity contribution in [3.05, 3.63) is 29.3 Å². The molecule has 0 N–H and O–H groups in total. The van der Waals surface area contributed by atoms with Gasteiger partial charge in [0.1, 0.15) is 0 Å². The van der Waals surface area contributed by atoms with Crippen molar-refractivity contribution in [2.45, 2.75) is 13.8 Å². The molecule has 0 atom stereocenters. The quantitative estimate of drug-likeness (QED) is 0.563. The zero-order valence-corrected chi connectivity index (χ0v) is 8.28. The van der Waals surface area contributed by atoms with E-state index in [9.17, 15) is 17.6 Å². The van der Waals surface area contributed by atoms with E-state index in [-0.39, 0.29) is 18.6 Å². The van der Waals surface area contributed by atoms with Gasteiger partial charge in [-0.25, -0.2) is 8.78 Å². The van der Waals surface area contributed by atoms with Crippen molar-refractivity contribution in [3.63, 3.8) is 0 Å². The van der Waals surface area contributed by atoms with Crippen molar-refractivity contribution in [1.29, 1.82) is 0 Å². The molecule has 5 heteroatoms. The van der Waals surface area contributed by atoms with Crippen molar-refractivity contribution in [2.75, 3.05) is 6.61 Å². The fourth-order valence-electron chi connectivity index (χ4n) is 0.928. The van der Waals surface area contributed by atoms with E-state index in [0.29, 0.717) is 0 Å². The Morgan fingerprint density at radius 1 is 1.07 bits per heavy atom. The van der Waals surface area contributed by atoms with Crippen LogP contribution in [-0.4, -0.2) is 6.61 Å². The Hall–Kier alpha value is -1.26. The second-order valence-electron chi connectivity index (χ2n) is 3.50. The van der Waals surface area contributed by atoms with E-state index >= 15 is 0 Å². The lowest BCUT2D eigenvalue weighted by molar-refractivity contribution is 0.238. The molecule has 15 heavy (non-hydrogen) atoms. The second kappa shape index (κ2) is 4.51. The zero-order chi connectivity index (χ0) is 11.6. The maximum atomic E-state index is 13.0. The lowest BCUT2D eigenvalue weighted by Crippen LogP contribution is -2.09. The van der Waals surface area contributed by atoms with E-state index in [0.717, 1.165) is 0 Å². The van der Waals surface area contributed by atoms with Crippen LogP contribution < -0.4 is 4.74 Å². The van der Waals surface area contributed by atoms with Crippen LogP contribution in [0.25, 0.3) is 0 Å². The summed E-state index contributed by atoms with van der Waals surface area (Å²) in [4.78, 5) is 0. The average Bonchev–Trinajstić information content (AvgIpc) is 2.14. The minimum absolute atomic E-state index is 0.00451. The highest BCUT2D eigenvalue weighted by atomic mass is 19.2. The van der Waals surface area contributed by atoms with E-state index in [4.69, 9.17) is 0 Å². The monoisotopic (exact) mass is 222 g/mol. The van der Waals surface area contributed by atoms with Crippen molar-refractivity contribution >= 4 is 0 Å². The van der Waals surface area contributed by atoms with Gasteiger partial charge < -0.3 is 4.74 Å². The second-order valence-corrected chi connectivity index (χ2v) is 3.50. The fourth-order valence-corrected chi connectivity index (χ4v) is 0.928. The van der Waals surface area contributed by atoms with E-state index < -0.39 is 29.0 Å². The molecule has 0 saturated heterocycles. The van der Waals surface area contributed by atoms with Crippen LogP contribution in [0.5, 0.6) is 5.75 Å². The Kier molecular flexibility index (Phi) is 3.55. The fraction of sp³-hybridized carbons (Fsp3) is 0.400. The molecule has 0 heterocycles. The molecule has 0 aliphatic carbocycles. The normalized spacial score (nSPS) is 10.9. The smallest absolute Gasteiger partial charge is 0.203 e. The third-order valence-electron chi connectivity index (χ3n) is 1.63. The van der Waals surface area contributed by atoms with Crippen LogP contribution in [0, 0.1) is 29.2 Å². The van der Waals surface area contributed by atoms with Crippen molar-refractivity contribution in [2.24, 2.45) is 5.92 Å². The lowest BCUT2D eigenvalue weighted by atomic mass is 10.2. The van der Waals surface area contributed by atoms with Gasteiger partial charge in [0.15, 0.2) is 17.4 Å². The number of halogens is 4. The molecule has 0 unspecified atom stereocenters. The Bertz CT molecular complexity index is 337. The highest BCUT2D eigenvalue weighted by Gasteiger charge is 2.20. The Balaban J connectivity index is 3.04. The number of hydrogen-bond donors (Lipinski definition) is 0. The molecule has 1 aromatic rings. The molecule has 84 valence electrons. The lowest BCUT2D eigenvalue weighted by Gasteiger charge is -2.10. The molecule has 0 aromatic heterocycles. The molecule has 0 aliphatic heterocycles. The highest BCUT2D eigenvalue weighted by Crippen LogP contribution is 2.26. The minimum atomic E-state index is -1.51. The summed E-state index contributed by atoms with van der Waals surface area (Å²) in [6, 6.07) is 0.146. The van der Waals surface area contributed by atoms with Crippen LogP contribution in [-0.2, 0) is 0 Å². The molecular weight excluding hydrogens is 212 g/mol. The molecule has 1 rings (SSSR count). The Labute approximate surface area is 84.7 Å². The molecule has 0 radical (unpaired) electrons. The summed E-state index contributed by atoms with van der Waals surface area (Å²) in [5, 5.41) is 0. The van der Waals surface area contributed by atoms with Gasteiger partial charge >= 0.3 is 0 Å². The number of benzene rings is 1. The summed E-state index contributed by atoms with van der Waals surface area (Å²) in [7, 11) is 0. The molecule has 1 aromatic carbocycles. The first-order valence-electron chi connectivity index (χ1n) is 4.39. The van der Waals surface area contributed by atoms with Gasteiger partial charge in [0.2, 0.25) is 11.6 Å². The average molecular weight is 222 g/mol. The molecule has 0 aliphatic rings. The maximum Gasteiger partial charge on any atom is 0.203 e. The molecule has 0 amide bonds. The molecule has 0 fully saturated rings. The first kappa shape index (κ1) is 11.8. The van der Waals surface area contributed by atoms with E-state index in [1.807, 2.05) is 0 Å². The van der Waals surface area contributed by atoms with Gasteiger partial charge in [0, 0.05) is 6.07 Å².